The van der Waals surface area contributed by atoms with Crippen LogP contribution in [0.2, 0.25) is 0 Å². The van der Waals surface area contributed by atoms with Crippen LogP contribution in [0.1, 0.15) is 53.7 Å². The quantitative estimate of drug-likeness (QED) is 0.309. The predicted octanol–water partition coefficient (Wildman–Crippen LogP) is 4.89. The topological polar surface area (TPSA) is 100 Å². The highest BCUT2D eigenvalue weighted by Crippen LogP contribution is 2.36. The summed E-state index contributed by atoms with van der Waals surface area (Å²) in [6.07, 6.45) is 1.87. The number of likely N-dealkylation sites (tertiary alicyclic amines) is 1. The van der Waals surface area contributed by atoms with Crippen molar-refractivity contribution >= 4 is 11.8 Å². The molecular weight excluding hydrogens is 518 g/mol. The van der Waals surface area contributed by atoms with E-state index in [0.29, 0.717) is 24.4 Å². The van der Waals surface area contributed by atoms with Gasteiger partial charge in [-0.2, -0.15) is 0 Å². The van der Waals surface area contributed by atoms with Crippen LogP contribution in [0.25, 0.3) is 0 Å². The minimum Gasteiger partial charge on any atom is -0.504 e. The van der Waals surface area contributed by atoms with Crippen LogP contribution in [0, 0.1) is 11.3 Å². The van der Waals surface area contributed by atoms with Crippen molar-refractivity contribution < 1.29 is 24.2 Å². The highest BCUT2D eigenvalue weighted by Gasteiger charge is 2.38. The van der Waals surface area contributed by atoms with Crippen LogP contribution in [0.15, 0.2) is 66.7 Å². The Morgan fingerprint density at radius 3 is 2.02 bits per heavy atom. The first-order valence-electron chi connectivity index (χ1n) is 14.1. The fraction of sp³-hybridized carbons (Fsp3) is 0.394. The third-order valence-corrected chi connectivity index (χ3v) is 8.12. The summed E-state index contributed by atoms with van der Waals surface area (Å²) in [6, 6.07) is 20.4. The van der Waals surface area contributed by atoms with Gasteiger partial charge in [0.2, 0.25) is 5.91 Å². The van der Waals surface area contributed by atoms with Crippen molar-refractivity contribution in [1.29, 1.82) is 0 Å². The van der Waals surface area contributed by atoms with Gasteiger partial charge in [-0.15, -0.1) is 0 Å². The Kier molecular flexibility index (Phi) is 9.89. The number of hydrogen-bond donors (Lipinski definition) is 3. The number of methoxy groups -OCH3 is 2. The van der Waals surface area contributed by atoms with Gasteiger partial charge < -0.3 is 25.2 Å². The van der Waals surface area contributed by atoms with Gasteiger partial charge in [-0.1, -0.05) is 44.2 Å². The van der Waals surface area contributed by atoms with Crippen molar-refractivity contribution in [1.82, 2.24) is 15.5 Å². The standard InChI is InChI=1S/C33H41N3O5/c1-33(2,27-15-17-36(18-16-27)22-25-9-14-30(41-4)29(37)19-25)32(39)35-21-23-5-10-26(11-6-23)31(38)34-20-24-7-12-28(40-3)13-8-24/h5-14,19,27,37H,15-18,20-22H2,1-4H3,(H,34,38)(H,35,39). The molecule has 3 N–H and O–H groups in total. The minimum atomic E-state index is -0.494. The molecule has 3 aromatic rings. The molecule has 2 amide bonds. The van der Waals surface area contributed by atoms with Crippen molar-refractivity contribution in [3.05, 3.63) is 89.0 Å². The lowest BCUT2D eigenvalue weighted by atomic mass is 9.73. The number of carbonyl (C=O) groups is 2. The van der Waals surface area contributed by atoms with Crippen LogP contribution in [0.4, 0.5) is 0 Å². The van der Waals surface area contributed by atoms with Gasteiger partial charge in [-0.05, 0) is 84.9 Å². The molecule has 8 heteroatoms. The fourth-order valence-corrected chi connectivity index (χ4v) is 5.30. The first-order chi connectivity index (χ1) is 19.7. The Hall–Kier alpha value is -4.04. The van der Waals surface area contributed by atoms with Gasteiger partial charge in [-0.3, -0.25) is 14.5 Å². The number of amides is 2. The summed E-state index contributed by atoms with van der Waals surface area (Å²) < 4.78 is 10.3. The van der Waals surface area contributed by atoms with Crippen molar-refractivity contribution in [3.63, 3.8) is 0 Å². The largest absolute Gasteiger partial charge is 0.504 e. The van der Waals surface area contributed by atoms with Gasteiger partial charge in [0.1, 0.15) is 5.75 Å². The lowest BCUT2D eigenvalue weighted by molar-refractivity contribution is -0.133. The zero-order valence-electron chi connectivity index (χ0n) is 24.4. The molecule has 1 heterocycles. The molecule has 1 fully saturated rings. The first kappa shape index (κ1) is 29.9. The van der Waals surface area contributed by atoms with E-state index in [1.54, 1.807) is 38.5 Å². The number of phenolic OH excluding ortho intramolecular Hbond substituents is 1. The third kappa shape index (κ3) is 7.79. The molecule has 0 radical (unpaired) electrons. The molecule has 3 aromatic carbocycles. The number of piperidine rings is 1. The van der Waals surface area contributed by atoms with E-state index >= 15 is 0 Å². The molecule has 0 atom stereocenters. The van der Waals surface area contributed by atoms with E-state index in [4.69, 9.17) is 9.47 Å². The lowest BCUT2D eigenvalue weighted by Crippen LogP contribution is -2.46. The molecule has 218 valence electrons. The maximum absolute atomic E-state index is 13.2. The van der Waals surface area contributed by atoms with E-state index in [0.717, 1.165) is 54.9 Å². The number of rotatable bonds is 11. The Morgan fingerprint density at radius 2 is 1.44 bits per heavy atom. The van der Waals surface area contributed by atoms with Gasteiger partial charge >= 0.3 is 0 Å². The van der Waals surface area contributed by atoms with Gasteiger partial charge in [0.25, 0.3) is 5.91 Å². The number of ether oxygens (including phenoxy) is 2. The summed E-state index contributed by atoms with van der Waals surface area (Å²) in [5.41, 5.74) is 3.05. The van der Waals surface area contributed by atoms with Gasteiger partial charge in [0.15, 0.2) is 11.5 Å². The Labute approximate surface area is 242 Å². The summed E-state index contributed by atoms with van der Waals surface area (Å²) in [4.78, 5) is 28.1. The van der Waals surface area contributed by atoms with Gasteiger partial charge in [-0.25, -0.2) is 0 Å². The summed E-state index contributed by atoms with van der Waals surface area (Å²) >= 11 is 0. The van der Waals surface area contributed by atoms with E-state index in [-0.39, 0.29) is 23.5 Å². The monoisotopic (exact) mass is 559 g/mol. The molecule has 41 heavy (non-hydrogen) atoms. The zero-order chi connectivity index (χ0) is 29.4. The highest BCUT2D eigenvalue weighted by molar-refractivity contribution is 5.94. The van der Waals surface area contributed by atoms with E-state index in [2.05, 4.69) is 15.5 Å². The van der Waals surface area contributed by atoms with Crippen molar-refractivity contribution in [2.45, 2.75) is 46.3 Å². The lowest BCUT2D eigenvalue weighted by Gasteiger charge is -2.39. The molecule has 0 bridgehead atoms. The number of benzene rings is 3. The van der Waals surface area contributed by atoms with E-state index in [1.807, 2.05) is 56.3 Å². The van der Waals surface area contributed by atoms with Crippen LogP contribution >= 0.6 is 0 Å². The number of hydrogen-bond acceptors (Lipinski definition) is 6. The number of aromatic hydroxyl groups is 1. The van der Waals surface area contributed by atoms with Crippen LogP contribution < -0.4 is 20.1 Å². The molecule has 1 aliphatic rings. The second-order valence-corrected chi connectivity index (χ2v) is 11.2. The average molecular weight is 560 g/mol. The van der Waals surface area contributed by atoms with E-state index in [1.165, 1.54) is 0 Å². The fourth-order valence-electron chi connectivity index (χ4n) is 5.30. The van der Waals surface area contributed by atoms with Crippen LogP contribution in [-0.2, 0) is 24.4 Å². The molecule has 0 aromatic heterocycles. The number of nitrogens with zero attached hydrogens (tertiary/aromatic N) is 1. The molecular formula is C33H41N3O5. The average Bonchev–Trinajstić information content (AvgIpc) is 2.99. The third-order valence-electron chi connectivity index (χ3n) is 8.12. The number of phenols is 1. The second-order valence-electron chi connectivity index (χ2n) is 11.2. The Bertz CT molecular complexity index is 1310. The first-order valence-corrected chi connectivity index (χ1v) is 14.1. The van der Waals surface area contributed by atoms with Crippen molar-refractivity contribution in [3.8, 4) is 17.2 Å². The highest BCUT2D eigenvalue weighted by atomic mass is 16.5. The van der Waals surface area contributed by atoms with E-state index in [9.17, 15) is 14.7 Å². The molecule has 1 saturated heterocycles. The Balaban J connectivity index is 1.22. The van der Waals surface area contributed by atoms with E-state index < -0.39 is 5.41 Å². The molecule has 0 unspecified atom stereocenters. The number of carbonyl (C=O) groups excluding carboxylic acids is 2. The minimum absolute atomic E-state index is 0.0392. The van der Waals surface area contributed by atoms with Crippen LogP contribution in [-0.4, -0.2) is 49.1 Å². The maximum atomic E-state index is 13.2. The smallest absolute Gasteiger partial charge is 0.251 e. The SMILES string of the molecule is COc1ccc(CNC(=O)c2ccc(CNC(=O)C(C)(C)C3CCN(Cc4ccc(OC)c(O)c4)CC3)cc2)cc1. The Morgan fingerprint density at radius 1 is 0.854 bits per heavy atom. The van der Waals surface area contributed by atoms with Crippen LogP contribution in [0.3, 0.4) is 0 Å². The summed E-state index contributed by atoms with van der Waals surface area (Å²) in [7, 11) is 3.16. The maximum Gasteiger partial charge on any atom is 0.251 e. The van der Waals surface area contributed by atoms with Crippen molar-refractivity contribution in [2.24, 2.45) is 11.3 Å². The van der Waals surface area contributed by atoms with Gasteiger partial charge in [0, 0.05) is 30.6 Å². The second kappa shape index (κ2) is 13.5. The molecule has 0 aliphatic carbocycles. The molecule has 8 nitrogen and oxygen atoms in total. The van der Waals surface area contributed by atoms with Gasteiger partial charge in [0.05, 0.1) is 14.2 Å². The van der Waals surface area contributed by atoms with Crippen molar-refractivity contribution in [2.75, 3.05) is 27.3 Å². The predicted molar refractivity (Wildman–Crippen MR) is 159 cm³/mol. The molecule has 1 aliphatic heterocycles. The summed E-state index contributed by atoms with van der Waals surface area (Å²) in [5.74, 6) is 1.58. The zero-order valence-corrected chi connectivity index (χ0v) is 24.4. The molecule has 0 spiro atoms. The summed E-state index contributed by atoms with van der Waals surface area (Å²) in [5, 5.41) is 16.1. The molecule has 4 rings (SSSR count). The molecule has 0 saturated carbocycles. The van der Waals surface area contributed by atoms with Crippen LogP contribution in [0.5, 0.6) is 17.2 Å². The normalized spacial score (nSPS) is 14.3. The summed E-state index contributed by atoms with van der Waals surface area (Å²) in [6.45, 7) is 7.45. The number of nitrogens with one attached hydrogen (secondary N) is 2.